The van der Waals surface area contributed by atoms with E-state index in [0.717, 1.165) is 15.4 Å². The number of rotatable bonds is 2. The fraction of sp³-hybridized carbons (Fsp3) is 0. The second kappa shape index (κ2) is 5.38. The van der Waals surface area contributed by atoms with Gasteiger partial charge in [0.15, 0.2) is 0 Å². The van der Waals surface area contributed by atoms with Crippen LogP contribution in [0.4, 0.5) is 5.69 Å². The fourth-order valence-electron chi connectivity index (χ4n) is 1.99. The number of halogens is 1. The van der Waals surface area contributed by atoms with Gasteiger partial charge in [-0.05, 0) is 30.3 Å². The summed E-state index contributed by atoms with van der Waals surface area (Å²) in [7, 11) is 0. The Kier molecular flexibility index (Phi) is 3.42. The number of amides is 1. The third kappa shape index (κ3) is 2.64. The molecule has 102 valence electrons. The molecule has 0 atom stereocenters. The molecule has 0 saturated heterocycles. The first kappa shape index (κ1) is 13.3. The second-order valence-electron chi connectivity index (χ2n) is 4.43. The number of hydrogen-bond donors (Lipinski definition) is 2. The number of hydrogen-bond acceptors (Lipinski definition) is 3. The summed E-state index contributed by atoms with van der Waals surface area (Å²) >= 11 is 3.30. The van der Waals surface area contributed by atoms with Crippen LogP contribution in [0.25, 0.3) is 10.9 Å². The minimum atomic E-state index is -0.273. The molecule has 0 fully saturated rings. The van der Waals surface area contributed by atoms with Crippen LogP contribution in [0, 0.1) is 11.3 Å². The van der Waals surface area contributed by atoms with Crippen molar-refractivity contribution >= 4 is 38.4 Å². The van der Waals surface area contributed by atoms with E-state index in [1.165, 1.54) is 0 Å². The average Bonchev–Trinajstić information content (AvgIpc) is 2.96. The second-order valence-corrected chi connectivity index (χ2v) is 5.34. The number of benzene rings is 2. The van der Waals surface area contributed by atoms with Gasteiger partial charge in [0.25, 0.3) is 5.91 Å². The van der Waals surface area contributed by atoms with Crippen molar-refractivity contribution in [1.82, 2.24) is 10.2 Å². The highest BCUT2D eigenvalue weighted by Crippen LogP contribution is 2.21. The van der Waals surface area contributed by atoms with Crippen LogP contribution >= 0.6 is 15.9 Å². The zero-order chi connectivity index (χ0) is 14.8. The number of aromatic amines is 1. The number of carbonyl (C=O) groups is 1. The predicted octanol–water partition coefficient (Wildman–Crippen LogP) is 3.45. The smallest absolute Gasteiger partial charge is 0.255 e. The lowest BCUT2D eigenvalue weighted by Crippen LogP contribution is -2.12. The fourth-order valence-corrected chi connectivity index (χ4v) is 2.35. The number of fused-ring (bicyclic) bond motifs is 1. The van der Waals surface area contributed by atoms with E-state index >= 15 is 0 Å². The van der Waals surface area contributed by atoms with Crippen molar-refractivity contribution in [3.05, 3.63) is 58.2 Å². The zero-order valence-corrected chi connectivity index (χ0v) is 12.3. The maximum atomic E-state index is 12.3. The molecule has 3 rings (SSSR count). The van der Waals surface area contributed by atoms with Crippen LogP contribution in [0.2, 0.25) is 0 Å². The standard InChI is InChI=1S/C15H9BrN4O/c16-12-3-4-13(11(5-12)7-17)19-15(21)9-1-2-10-8-18-20-14(10)6-9/h1-6,8H,(H,18,20)(H,19,21). The van der Waals surface area contributed by atoms with E-state index in [1.54, 1.807) is 36.5 Å². The van der Waals surface area contributed by atoms with Crippen molar-refractivity contribution < 1.29 is 4.79 Å². The third-order valence-corrected chi connectivity index (χ3v) is 3.55. The van der Waals surface area contributed by atoms with Gasteiger partial charge in [0.1, 0.15) is 6.07 Å². The summed E-state index contributed by atoms with van der Waals surface area (Å²) in [6.07, 6.45) is 1.69. The molecule has 5 nitrogen and oxygen atoms in total. The first-order valence-electron chi connectivity index (χ1n) is 6.11. The summed E-state index contributed by atoms with van der Waals surface area (Å²) < 4.78 is 0.788. The topological polar surface area (TPSA) is 81.6 Å². The lowest BCUT2D eigenvalue weighted by atomic mass is 10.1. The van der Waals surface area contributed by atoms with Gasteiger partial charge in [-0.1, -0.05) is 22.0 Å². The molecule has 21 heavy (non-hydrogen) atoms. The van der Waals surface area contributed by atoms with E-state index in [4.69, 9.17) is 5.26 Å². The minimum absolute atomic E-state index is 0.273. The SMILES string of the molecule is N#Cc1cc(Br)ccc1NC(=O)c1ccc2cn[nH]c2c1. The lowest BCUT2D eigenvalue weighted by molar-refractivity contribution is 0.102. The molecule has 0 unspecified atom stereocenters. The highest BCUT2D eigenvalue weighted by molar-refractivity contribution is 9.10. The van der Waals surface area contributed by atoms with Gasteiger partial charge >= 0.3 is 0 Å². The van der Waals surface area contributed by atoms with E-state index in [2.05, 4.69) is 37.5 Å². The number of nitrogens with zero attached hydrogens (tertiary/aromatic N) is 2. The quantitative estimate of drug-likeness (QED) is 0.749. The van der Waals surface area contributed by atoms with Gasteiger partial charge in [0, 0.05) is 15.4 Å². The molecular weight excluding hydrogens is 332 g/mol. The highest BCUT2D eigenvalue weighted by atomic mass is 79.9. The van der Waals surface area contributed by atoms with Gasteiger partial charge in [-0.15, -0.1) is 0 Å². The van der Waals surface area contributed by atoms with Crippen molar-refractivity contribution in [2.45, 2.75) is 0 Å². The van der Waals surface area contributed by atoms with Crippen LogP contribution in [0.5, 0.6) is 0 Å². The molecular formula is C15H9BrN4O. The Labute approximate surface area is 128 Å². The Morgan fingerprint density at radius 1 is 1.29 bits per heavy atom. The Hall–Kier alpha value is -2.65. The number of anilines is 1. The molecule has 1 amide bonds. The molecule has 0 radical (unpaired) electrons. The van der Waals surface area contributed by atoms with Gasteiger partial charge in [-0.2, -0.15) is 10.4 Å². The van der Waals surface area contributed by atoms with Crippen molar-refractivity contribution in [2.75, 3.05) is 5.32 Å². The first-order valence-corrected chi connectivity index (χ1v) is 6.91. The molecule has 0 bridgehead atoms. The molecule has 2 aromatic carbocycles. The molecule has 0 spiro atoms. The minimum Gasteiger partial charge on any atom is -0.321 e. The van der Waals surface area contributed by atoms with E-state index in [-0.39, 0.29) is 5.91 Å². The Bertz CT molecular complexity index is 879. The number of carbonyl (C=O) groups excluding carboxylic acids is 1. The Morgan fingerprint density at radius 3 is 2.95 bits per heavy atom. The van der Waals surface area contributed by atoms with Crippen LogP contribution in [-0.2, 0) is 0 Å². The predicted molar refractivity (Wildman–Crippen MR) is 82.9 cm³/mol. The summed E-state index contributed by atoms with van der Waals surface area (Å²) in [5.41, 5.74) is 2.17. The summed E-state index contributed by atoms with van der Waals surface area (Å²) in [6, 6.07) is 12.4. The summed E-state index contributed by atoms with van der Waals surface area (Å²) in [4.78, 5) is 12.3. The van der Waals surface area contributed by atoms with Gasteiger partial charge in [0.05, 0.1) is 23.0 Å². The van der Waals surface area contributed by atoms with Gasteiger partial charge in [-0.25, -0.2) is 0 Å². The van der Waals surface area contributed by atoms with Crippen molar-refractivity contribution in [3.63, 3.8) is 0 Å². The average molecular weight is 341 g/mol. The van der Waals surface area contributed by atoms with Crippen LogP contribution in [0.15, 0.2) is 47.1 Å². The molecule has 3 aromatic rings. The van der Waals surface area contributed by atoms with Crippen LogP contribution < -0.4 is 5.32 Å². The maximum absolute atomic E-state index is 12.3. The first-order chi connectivity index (χ1) is 10.2. The Balaban J connectivity index is 1.91. The largest absolute Gasteiger partial charge is 0.321 e. The maximum Gasteiger partial charge on any atom is 0.255 e. The number of aromatic nitrogens is 2. The number of H-pyrrole nitrogens is 1. The molecule has 0 aliphatic carbocycles. The number of nitrogens with one attached hydrogen (secondary N) is 2. The van der Waals surface area contributed by atoms with Gasteiger partial charge in [0.2, 0.25) is 0 Å². The molecule has 1 heterocycles. The summed E-state index contributed by atoms with van der Waals surface area (Å²) in [5.74, 6) is -0.273. The van der Waals surface area contributed by atoms with E-state index in [1.807, 2.05) is 6.07 Å². The molecule has 1 aromatic heterocycles. The molecule has 0 saturated carbocycles. The monoisotopic (exact) mass is 340 g/mol. The van der Waals surface area contributed by atoms with E-state index in [9.17, 15) is 4.79 Å². The van der Waals surface area contributed by atoms with Crippen LogP contribution in [0.1, 0.15) is 15.9 Å². The molecule has 0 aliphatic heterocycles. The van der Waals surface area contributed by atoms with Gasteiger partial charge < -0.3 is 5.32 Å². The summed E-state index contributed by atoms with van der Waals surface area (Å²) in [5, 5.41) is 19.5. The van der Waals surface area contributed by atoms with Crippen LogP contribution in [-0.4, -0.2) is 16.1 Å². The Morgan fingerprint density at radius 2 is 2.14 bits per heavy atom. The lowest BCUT2D eigenvalue weighted by Gasteiger charge is -2.07. The third-order valence-electron chi connectivity index (χ3n) is 3.05. The normalized spacial score (nSPS) is 10.3. The van der Waals surface area contributed by atoms with E-state index < -0.39 is 0 Å². The molecule has 2 N–H and O–H groups in total. The highest BCUT2D eigenvalue weighted by Gasteiger charge is 2.10. The number of nitriles is 1. The van der Waals surface area contributed by atoms with Crippen LogP contribution in [0.3, 0.4) is 0 Å². The van der Waals surface area contributed by atoms with Crippen molar-refractivity contribution in [2.24, 2.45) is 0 Å². The van der Waals surface area contributed by atoms with Crippen molar-refractivity contribution in [3.8, 4) is 6.07 Å². The molecule has 6 heteroatoms. The zero-order valence-electron chi connectivity index (χ0n) is 10.7. The van der Waals surface area contributed by atoms with E-state index in [0.29, 0.717) is 16.8 Å². The summed E-state index contributed by atoms with van der Waals surface area (Å²) in [6.45, 7) is 0. The van der Waals surface area contributed by atoms with Crippen molar-refractivity contribution in [1.29, 1.82) is 5.26 Å². The molecule has 0 aliphatic rings. The van der Waals surface area contributed by atoms with Gasteiger partial charge in [-0.3, -0.25) is 9.89 Å².